The molecule has 0 aliphatic heterocycles. The van der Waals surface area contributed by atoms with Gasteiger partial charge in [-0.2, -0.15) is 5.26 Å². The number of nitrogens with zero attached hydrogens (tertiary/aromatic N) is 4. The Morgan fingerprint density at radius 3 is 2.62 bits per heavy atom. The van der Waals surface area contributed by atoms with Crippen molar-refractivity contribution in [2.45, 2.75) is 48.4 Å². The van der Waals surface area contributed by atoms with Gasteiger partial charge in [0.15, 0.2) is 0 Å². The second kappa shape index (κ2) is 12.2. The Bertz CT molecular complexity index is 1670. The summed E-state index contributed by atoms with van der Waals surface area (Å²) in [5, 5.41) is 21.6. The number of fused-ring (bicyclic) bond motifs is 1. The molecule has 2 N–H and O–H groups in total. The minimum absolute atomic E-state index is 0.0477. The van der Waals surface area contributed by atoms with Crippen LogP contribution in [0.4, 0.5) is 10.8 Å². The van der Waals surface area contributed by atoms with Gasteiger partial charge in [-0.25, -0.2) is 13.4 Å². The maximum Gasteiger partial charge on any atom is 0.263 e. The van der Waals surface area contributed by atoms with Crippen LogP contribution in [0.25, 0.3) is 0 Å². The average molecular weight is 591 g/mol. The molecule has 0 radical (unpaired) electrons. The Kier molecular flexibility index (Phi) is 8.44. The van der Waals surface area contributed by atoms with Crippen molar-refractivity contribution in [2.24, 2.45) is 0 Å². The highest BCUT2D eigenvalue weighted by molar-refractivity contribution is 7.99. The van der Waals surface area contributed by atoms with E-state index < -0.39 is 10.0 Å². The van der Waals surface area contributed by atoms with Gasteiger partial charge in [0.2, 0.25) is 11.0 Å². The van der Waals surface area contributed by atoms with Crippen molar-refractivity contribution >= 4 is 49.8 Å². The number of carbonyl (C=O) groups excluding carboxylic acids is 1. The molecule has 40 heavy (non-hydrogen) atoms. The van der Waals surface area contributed by atoms with E-state index in [1.54, 1.807) is 6.92 Å². The number of anilines is 2. The van der Waals surface area contributed by atoms with E-state index in [-0.39, 0.29) is 22.4 Å². The number of carbonyl (C=O) groups is 1. The molecule has 1 atom stereocenters. The number of sulfonamides is 1. The van der Waals surface area contributed by atoms with Gasteiger partial charge in [-0.15, -0.1) is 22.0 Å². The first kappa shape index (κ1) is 27.8. The lowest BCUT2D eigenvalue weighted by Crippen LogP contribution is -2.15. The van der Waals surface area contributed by atoms with Crippen LogP contribution in [0, 0.1) is 18.3 Å². The fourth-order valence-corrected chi connectivity index (χ4v) is 7.28. The van der Waals surface area contributed by atoms with Crippen molar-refractivity contribution < 1.29 is 13.2 Å². The second-order valence-corrected chi connectivity index (χ2v) is 13.3. The van der Waals surface area contributed by atoms with Crippen LogP contribution in [0.2, 0.25) is 0 Å². The first-order valence-electron chi connectivity index (χ1n) is 12.6. The monoisotopic (exact) mass is 590 g/mol. The van der Waals surface area contributed by atoms with Crippen LogP contribution in [-0.2, 0) is 27.7 Å². The Labute approximate surface area is 241 Å². The van der Waals surface area contributed by atoms with Gasteiger partial charge in [0.25, 0.3) is 10.0 Å². The number of amides is 1. The summed E-state index contributed by atoms with van der Waals surface area (Å²) in [6.07, 6.45) is 2.95. The zero-order valence-corrected chi connectivity index (χ0v) is 24.1. The van der Waals surface area contributed by atoms with Gasteiger partial charge in [0.05, 0.1) is 10.5 Å². The zero-order chi connectivity index (χ0) is 28.1. The van der Waals surface area contributed by atoms with E-state index in [1.807, 2.05) is 12.1 Å². The average Bonchev–Trinajstić information content (AvgIpc) is 3.36. The minimum atomic E-state index is -3.81. The number of nitrogens with one attached hydrogen (secondary N) is 2. The van der Waals surface area contributed by atoms with Crippen molar-refractivity contribution in [3.05, 3.63) is 88.1 Å². The highest BCUT2D eigenvalue weighted by Crippen LogP contribution is 2.34. The van der Waals surface area contributed by atoms with Gasteiger partial charge in [-0.05, 0) is 73.6 Å². The number of benzene rings is 2. The molecular formula is C28H26N6O3S3. The number of aromatic nitrogens is 3. The van der Waals surface area contributed by atoms with Crippen LogP contribution < -0.4 is 10.0 Å². The summed E-state index contributed by atoms with van der Waals surface area (Å²) in [6.45, 7) is 1.73. The molecule has 9 nitrogen and oxygen atoms in total. The Balaban J connectivity index is 1.15. The predicted molar refractivity (Wildman–Crippen MR) is 156 cm³/mol. The van der Waals surface area contributed by atoms with E-state index in [0.29, 0.717) is 33.0 Å². The topological polar surface area (TPSA) is 138 Å². The molecule has 204 valence electrons. The molecule has 1 aliphatic carbocycles. The third kappa shape index (κ3) is 6.67. The van der Waals surface area contributed by atoms with Crippen LogP contribution in [0.1, 0.15) is 46.2 Å². The van der Waals surface area contributed by atoms with Crippen molar-refractivity contribution in [2.75, 3.05) is 15.8 Å². The molecule has 0 saturated heterocycles. The van der Waals surface area contributed by atoms with E-state index in [4.69, 9.17) is 4.98 Å². The molecular weight excluding hydrogens is 565 g/mol. The normalized spacial score (nSPS) is 14.7. The van der Waals surface area contributed by atoms with Crippen LogP contribution in [0.15, 0.2) is 70.6 Å². The summed E-state index contributed by atoms with van der Waals surface area (Å²) >= 11 is 2.54. The summed E-state index contributed by atoms with van der Waals surface area (Å²) in [7, 11) is -3.81. The second-order valence-electron chi connectivity index (χ2n) is 9.31. The van der Waals surface area contributed by atoms with Crippen molar-refractivity contribution in [3.63, 3.8) is 0 Å². The Morgan fingerprint density at radius 2 is 1.93 bits per heavy atom. The standard InChI is InChI=1S/C28H26N6O3S3/c1-18-32-33-28(39-18)34-40(36,37)24-10-8-23(9-11-24)30-26(35)13-14-38-27-22(17-29)16-21-15-20(7-12-25(21)31-27)19-5-3-2-4-6-19/h2-6,8-11,16,20H,7,12-15H2,1H3,(H,30,35)(H,33,34). The largest absolute Gasteiger partial charge is 0.326 e. The molecule has 1 unspecified atom stereocenters. The molecule has 2 aromatic carbocycles. The van der Waals surface area contributed by atoms with E-state index in [1.165, 1.54) is 41.6 Å². The molecule has 2 heterocycles. The highest BCUT2D eigenvalue weighted by Gasteiger charge is 2.23. The summed E-state index contributed by atoms with van der Waals surface area (Å²) in [5.41, 5.74) is 4.49. The maximum atomic E-state index is 12.6. The summed E-state index contributed by atoms with van der Waals surface area (Å²) in [4.78, 5) is 17.4. The SMILES string of the molecule is Cc1nnc(NS(=O)(=O)c2ccc(NC(=O)CCSc3nc4c(cc3C#N)CC(c3ccccc3)CC4)cc2)s1. The number of nitriles is 1. The van der Waals surface area contributed by atoms with Gasteiger partial charge < -0.3 is 5.32 Å². The molecule has 0 spiro atoms. The molecule has 12 heteroatoms. The smallest absolute Gasteiger partial charge is 0.263 e. The molecule has 5 rings (SSSR count). The van der Waals surface area contributed by atoms with E-state index >= 15 is 0 Å². The third-order valence-electron chi connectivity index (χ3n) is 6.51. The van der Waals surface area contributed by atoms with Crippen LogP contribution in [0.3, 0.4) is 0 Å². The number of thioether (sulfide) groups is 1. The van der Waals surface area contributed by atoms with Crippen LogP contribution in [0.5, 0.6) is 0 Å². The van der Waals surface area contributed by atoms with Crippen molar-refractivity contribution in [1.29, 1.82) is 5.26 Å². The first-order chi connectivity index (χ1) is 19.3. The number of aryl methyl sites for hydroxylation is 2. The minimum Gasteiger partial charge on any atom is -0.326 e. The van der Waals surface area contributed by atoms with Gasteiger partial charge in [-0.1, -0.05) is 41.7 Å². The van der Waals surface area contributed by atoms with Crippen molar-refractivity contribution in [3.8, 4) is 6.07 Å². The van der Waals surface area contributed by atoms with Gasteiger partial charge in [0, 0.05) is 23.6 Å². The molecule has 0 fully saturated rings. The summed E-state index contributed by atoms with van der Waals surface area (Å²) in [6, 6.07) is 20.6. The lowest BCUT2D eigenvalue weighted by molar-refractivity contribution is -0.115. The lowest BCUT2D eigenvalue weighted by atomic mass is 9.82. The van der Waals surface area contributed by atoms with Crippen LogP contribution >= 0.6 is 23.1 Å². The van der Waals surface area contributed by atoms with Gasteiger partial charge in [0.1, 0.15) is 16.1 Å². The molecule has 0 bridgehead atoms. The van der Waals surface area contributed by atoms with Gasteiger partial charge >= 0.3 is 0 Å². The quantitative estimate of drug-likeness (QED) is 0.250. The molecule has 0 saturated carbocycles. The summed E-state index contributed by atoms with van der Waals surface area (Å²) in [5.74, 6) is 0.665. The van der Waals surface area contributed by atoms with E-state index in [9.17, 15) is 18.5 Å². The maximum absolute atomic E-state index is 12.6. The van der Waals surface area contributed by atoms with Gasteiger partial charge in [-0.3, -0.25) is 9.52 Å². The molecule has 1 amide bonds. The third-order valence-corrected chi connectivity index (χ3v) is 9.74. The Hall–Kier alpha value is -3.79. The molecule has 1 aliphatic rings. The first-order valence-corrected chi connectivity index (χ1v) is 15.9. The zero-order valence-electron chi connectivity index (χ0n) is 21.6. The Morgan fingerprint density at radius 1 is 1.15 bits per heavy atom. The molecule has 2 aromatic heterocycles. The van der Waals surface area contributed by atoms with Crippen molar-refractivity contribution in [1.82, 2.24) is 15.2 Å². The van der Waals surface area contributed by atoms with Crippen LogP contribution in [-0.4, -0.2) is 35.3 Å². The molecule has 4 aromatic rings. The number of hydrogen-bond donors (Lipinski definition) is 2. The van der Waals surface area contributed by atoms with E-state index in [0.717, 1.165) is 41.9 Å². The van der Waals surface area contributed by atoms with E-state index in [2.05, 4.69) is 50.6 Å². The highest BCUT2D eigenvalue weighted by atomic mass is 32.2. The fourth-order valence-electron chi connectivity index (χ4n) is 4.54. The fraction of sp³-hybridized carbons (Fsp3) is 0.250. The lowest BCUT2D eigenvalue weighted by Gasteiger charge is -2.25. The summed E-state index contributed by atoms with van der Waals surface area (Å²) < 4.78 is 27.5. The number of pyridine rings is 1. The predicted octanol–water partition coefficient (Wildman–Crippen LogP) is 5.31. The number of rotatable bonds is 9. The number of hydrogen-bond acceptors (Lipinski definition) is 9.